The lowest BCUT2D eigenvalue weighted by atomic mass is 10.3. The van der Waals surface area contributed by atoms with Crippen LogP contribution < -0.4 is 4.74 Å². The largest absolute Gasteiger partial charge is 0.511 e. The molecule has 0 aliphatic carbocycles. The average molecular weight is 189 g/mol. The summed E-state index contributed by atoms with van der Waals surface area (Å²) >= 11 is 5.49. The molecule has 64 valence electrons. The zero-order valence-electron chi connectivity index (χ0n) is 5.82. The molecule has 5 heteroatoms. The van der Waals surface area contributed by atoms with E-state index in [1.165, 1.54) is 18.2 Å². The molecular formula is C7H5ClO4. The first-order chi connectivity index (χ1) is 5.59. The molecule has 0 radical (unpaired) electrons. The Labute approximate surface area is 73.0 Å². The van der Waals surface area contributed by atoms with Gasteiger partial charge in [-0.15, -0.1) is 0 Å². The molecular weight excluding hydrogens is 184 g/mol. The molecule has 0 aliphatic rings. The number of ether oxygens (including phenoxy) is 1. The normalized spacial score (nSPS) is 9.42. The van der Waals surface area contributed by atoms with Crippen LogP contribution in [0.2, 0.25) is 5.02 Å². The predicted molar refractivity (Wildman–Crippen MR) is 41.8 cm³/mol. The van der Waals surface area contributed by atoms with Crippen molar-refractivity contribution in [2.24, 2.45) is 0 Å². The van der Waals surface area contributed by atoms with Crippen LogP contribution in [0.1, 0.15) is 0 Å². The van der Waals surface area contributed by atoms with E-state index in [0.717, 1.165) is 0 Å². The number of hydrogen-bond donors (Lipinski definition) is 2. The minimum Gasteiger partial charge on any atom is -0.504 e. The Morgan fingerprint density at radius 2 is 2.17 bits per heavy atom. The van der Waals surface area contributed by atoms with Crippen LogP contribution in [-0.4, -0.2) is 16.4 Å². The zero-order chi connectivity index (χ0) is 9.14. The first-order valence-electron chi connectivity index (χ1n) is 2.99. The van der Waals surface area contributed by atoms with Gasteiger partial charge in [-0.05, 0) is 12.1 Å². The van der Waals surface area contributed by atoms with Gasteiger partial charge in [0.2, 0.25) is 0 Å². The van der Waals surface area contributed by atoms with E-state index in [2.05, 4.69) is 4.74 Å². The van der Waals surface area contributed by atoms with Crippen molar-refractivity contribution in [1.29, 1.82) is 0 Å². The van der Waals surface area contributed by atoms with Crippen LogP contribution in [0.4, 0.5) is 4.79 Å². The van der Waals surface area contributed by atoms with Gasteiger partial charge >= 0.3 is 6.16 Å². The van der Waals surface area contributed by atoms with Crippen LogP contribution in [0, 0.1) is 0 Å². The number of benzene rings is 1. The number of phenolic OH excluding ortho intramolecular Hbond substituents is 1. The van der Waals surface area contributed by atoms with Gasteiger partial charge in [-0.1, -0.05) is 11.6 Å². The Hall–Kier alpha value is -1.42. The third-order valence-electron chi connectivity index (χ3n) is 1.12. The topological polar surface area (TPSA) is 66.8 Å². The van der Waals surface area contributed by atoms with Gasteiger partial charge in [-0.3, -0.25) is 0 Å². The van der Waals surface area contributed by atoms with Crippen molar-refractivity contribution in [1.82, 2.24) is 0 Å². The van der Waals surface area contributed by atoms with Gasteiger partial charge in [0.25, 0.3) is 0 Å². The summed E-state index contributed by atoms with van der Waals surface area (Å²) in [4.78, 5) is 10.0. The third kappa shape index (κ3) is 2.03. The Morgan fingerprint density at radius 3 is 2.67 bits per heavy atom. The van der Waals surface area contributed by atoms with E-state index in [0.29, 0.717) is 5.02 Å². The Balaban J connectivity index is 2.93. The van der Waals surface area contributed by atoms with Gasteiger partial charge < -0.3 is 14.9 Å². The summed E-state index contributed by atoms with van der Waals surface area (Å²) in [6, 6.07) is 3.88. The second kappa shape index (κ2) is 3.32. The van der Waals surface area contributed by atoms with E-state index in [9.17, 15) is 4.79 Å². The van der Waals surface area contributed by atoms with E-state index >= 15 is 0 Å². The summed E-state index contributed by atoms with van der Waals surface area (Å²) in [7, 11) is 0. The number of phenols is 1. The van der Waals surface area contributed by atoms with Crippen molar-refractivity contribution in [2.75, 3.05) is 0 Å². The molecule has 12 heavy (non-hydrogen) atoms. The van der Waals surface area contributed by atoms with Crippen molar-refractivity contribution in [2.45, 2.75) is 0 Å². The second-order valence-electron chi connectivity index (χ2n) is 1.98. The zero-order valence-corrected chi connectivity index (χ0v) is 6.58. The highest BCUT2D eigenvalue weighted by atomic mass is 35.5. The van der Waals surface area contributed by atoms with Crippen LogP contribution in [0.15, 0.2) is 18.2 Å². The number of halogens is 1. The molecule has 0 spiro atoms. The fourth-order valence-corrected chi connectivity index (χ4v) is 0.837. The van der Waals surface area contributed by atoms with Crippen molar-refractivity contribution in [3.63, 3.8) is 0 Å². The third-order valence-corrected chi connectivity index (χ3v) is 1.35. The molecule has 4 nitrogen and oxygen atoms in total. The maximum atomic E-state index is 10.0. The fraction of sp³-hybridized carbons (Fsp3) is 0. The lowest BCUT2D eigenvalue weighted by Crippen LogP contribution is -2.02. The number of rotatable bonds is 1. The van der Waals surface area contributed by atoms with E-state index in [4.69, 9.17) is 21.8 Å². The Kier molecular flexibility index (Phi) is 2.40. The number of aromatic hydroxyl groups is 1. The van der Waals surface area contributed by atoms with Gasteiger partial charge in [-0.2, -0.15) is 0 Å². The highest BCUT2D eigenvalue weighted by molar-refractivity contribution is 6.30. The summed E-state index contributed by atoms with van der Waals surface area (Å²) in [6.45, 7) is 0. The molecule has 0 aromatic heterocycles. The maximum absolute atomic E-state index is 10.0. The van der Waals surface area contributed by atoms with Gasteiger partial charge in [-0.25, -0.2) is 4.79 Å². The molecule has 0 heterocycles. The summed E-state index contributed by atoms with van der Waals surface area (Å²) in [5.74, 6) is -0.434. The average Bonchev–Trinajstić information content (AvgIpc) is 1.94. The first kappa shape index (κ1) is 8.67. The van der Waals surface area contributed by atoms with Gasteiger partial charge in [0.15, 0.2) is 11.5 Å². The standard InChI is InChI=1S/C7H5ClO4/c8-4-1-2-6(5(9)3-4)12-7(10)11/h1-3,9H,(H,10,11). The lowest BCUT2D eigenvalue weighted by Gasteiger charge is -2.01. The highest BCUT2D eigenvalue weighted by Crippen LogP contribution is 2.28. The molecule has 0 saturated carbocycles. The smallest absolute Gasteiger partial charge is 0.504 e. The second-order valence-corrected chi connectivity index (χ2v) is 2.42. The number of carboxylic acid groups (broad SMARTS) is 1. The molecule has 0 aliphatic heterocycles. The monoisotopic (exact) mass is 188 g/mol. The van der Waals surface area contributed by atoms with Gasteiger partial charge in [0, 0.05) is 11.1 Å². The number of carbonyl (C=O) groups is 1. The van der Waals surface area contributed by atoms with Crippen LogP contribution in [0.5, 0.6) is 11.5 Å². The van der Waals surface area contributed by atoms with Crippen molar-refractivity contribution in [3.05, 3.63) is 23.2 Å². The Morgan fingerprint density at radius 1 is 1.50 bits per heavy atom. The van der Waals surface area contributed by atoms with Crippen LogP contribution >= 0.6 is 11.6 Å². The van der Waals surface area contributed by atoms with E-state index < -0.39 is 6.16 Å². The molecule has 1 rings (SSSR count). The van der Waals surface area contributed by atoms with Gasteiger partial charge in [0.1, 0.15) is 0 Å². The minimum atomic E-state index is -1.48. The summed E-state index contributed by atoms with van der Waals surface area (Å²) in [5.41, 5.74) is 0. The highest BCUT2D eigenvalue weighted by Gasteiger charge is 2.06. The van der Waals surface area contributed by atoms with Gasteiger partial charge in [0.05, 0.1) is 0 Å². The summed E-state index contributed by atoms with van der Waals surface area (Å²) < 4.78 is 4.21. The summed E-state index contributed by atoms with van der Waals surface area (Å²) in [6.07, 6.45) is -1.48. The Bertz CT molecular complexity index is 310. The molecule has 0 fully saturated rings. The van der Waals surface area contributed by atoms with E-state index in [1.54, 1.807) is 0 Å². The summed E-state index contributed by atoms with van der Waals surface area (Å²) in [5, 5.41) is 17.6. The van der Waals surface area contributed by atoms with Crippen LogP contribution in [-0.2, 0) is 0 Å². The number of hydrogen-bond acceptors (Lipinski definition) is 3. The molecule has 1 aromatic carbocycles. The van der Waals surface area contributed by atoms with E-state index in [-0.39, 0.29) is 11.5 Å². The maximum Gasteiger partial charge on any atom is 0.511 e. The molecule has 0 atom stereocenters. The minimum absolute atomic E-state index is 0.132. The van der Waals surface area contributed by atoms with Crippen molar-refractivity contribution in [3.8, 4) is 11.5 Å². The molecule has 2 N–H and O–H groups in total. The molecule has 0 saturated heterocycles. The first-order valence-corrected chi connectivity index (χ1v) is 3.36. The predicted octanol–water partition coefficient (Wildman–Crippen LogP) is 2.10. The fourth-order valence-electron chi connectivity index (χ4n) is 0.671. The van der Waals surface area contributed by atoms with Crippen LogP contribution in [0.3, 0.4) is 0 Å². The van der Waals surface area contributed by atoms with Crippen molar-refractivity contribution < 1.29 is 19.7 Å². The molecule has 0 bridgehead atoms. The van der Waals surface area contributed by atoms with Crippen LogP contribution in [0.25, 0.3) is 0 Å². The van der Waals surface area contributed by atoms with E-state index in [1.807, 2.05) is 0 Å². The van der Waals surface area contributed by atoms with Crippen molar-refractivity contribution >= 4 is 17.8 Å². The SMILES string of the molecule is O=C(O)Oc1ccc(Cl)cc1O. The molecule has 1 aromatic rings. The lowest BCUT2D eigenvalue weighted by molar-refractivity contribution is 0.143. The molecule has 0 unspecified atom stereocenters. The quantitative estimate of drug-likeness (QED) is 0.523. The molecule has 0 amide bonds.